The van der Waals surface area contributed by atoms with Gasteiger partial charge in [0.1, 0.15) is 0 Å². The molecule has 1 aromatic carbocycles. The van der Waals surface area contributed by atoms with E-state index in [0.717, 1.165) is 25.0 Å². The van der Waals surface area contributed by atoms with Crippen molar-refractivity contribution in [3.63, 3.8) is 0 Å². The van der Waals surface area contributed by atoms with E-state index < -0.39 is 0 Å². The number of alkyl halides is 1. The van der Waals surface area contributed by atoms with Crippen molar-refractivity contribution in [2.45, 2.75) is 25.3 Å². The van der Waals surface area contributed by atoms with Gasteiger partial charge in [-0.3, -0.25) is 4.98 Å². The first-order chi connectivity index (χ1) is 8.66. The Morgan fingerprint density at radius 1 is 1.28 bits per heavy atom. The van der Waals surface area contributed by atoms with Crippen LogP contribution in [0.5, 0.6) is 0 Å². The number of aromatic nitrogens is 1. The van der Waals surface area contributed by atoms with Crippen LogP contribution in [0.3, 0.4) is 0 Å². The van der Waals surface area contributed by atoms with Crippen molar-refractivity contribution in [3.05, 3.63) is 42.1 Å². The van der Waals surface area contributed by atoms with Gasteiger partial charge in [-0.2, -0.15) is 0 Å². The normalized spacial score (nSPS) is 13.1. The molecule has 0 N–H and O–H groups in total. The Bertz CT molecular complexity index is 505. The summed E-state index contributed by atoms with van der Waals surface area (Å²) < 4.78 is 0. The fourth-order valence-electron chi connectivity index (χ4n) is 2.06. The number of fused-ring (bicyclic) bond motifs is 1. The number of benzene rings is 1. The van der Waals surface area contributed by atoms with E-state index in [1.165, 1.54) is 10.9 Å². The van der Waals surface area contributed by atoms with Crippen LogP contribution in [0.1, 0.15) is 18.9 Å². The summed E-state index contributed by atoms with van der Waals surface area (Å²) in [5.74, 6) is 0. The molecular weight excluding hydrogens is 244 g/mol. The molecule has 0 spiro atoms. The predicted molar refractivity (Wildman–Crippen MR) is 78.0 cm³/mol. The van der Waals surface area contributed by atoms with E-state index in [4.69, 9.17) is 11.6 Å². The average molecular weight is 263 g/mol. The summed E-state index contributed by atoms with van der Waals surface area (Å²) in [5, 5.41) is 1.44. The Balaban J connectivity index is 2.11. The molecule has 0 amide bonds. The largest absolute Gasteiger partial charge is 0.302 e. The van der Waals surface area contributed by atoms with Crippen LogP contribution in [0, 0.1) is 0 Å². The summed E-state index contributed by atoms with van der Waals surface area (Å²) in [6.07, 6.45) is 2.86. The van der Waals surface area contributed by atoms with Crippen molar-refractivity contribution in [2.24, 2.45) is 0 Å². The summed E-state index contributed by atoms with van der Waals surface area (Å²) in [5.41, 5.74) is 2.38. The van der Waals surface area contributed by atoms with Crippen molar-refractivity contribution >= 4 is 22.5 Å². The molecule has 0 saturated heterocycles. The first-order valence-electron chi connectivity index (χ1n) is 6.32. The minimum absolute atomic E-state index is 0.234. The van der Waals surface area contributed by atoms with E-state index >= 15 is 0 Å². The monoisotopic (exact) mass is 262 g/mol. The van der Waals surface area contributed by atoms with Gasteiger partial charge in [0, 0.05) is 23.5 Å². The molecular formula is C15H19ClN2. The Hall–Kier alpha value is -1.12. The van der Waals surface area contributed by atoms with Crippen LogP contribution in [-0.4, -0.2) is 28.9 Å². The Labute approximate surface area is 114 Å². The van der Waals surface area contributed by atoms with E-state index in [2.05, 4.69) is 41.2 Å². The lowest BCUT2D eigenvalue weighted by Gasteiger charge is -2.18. The molecule has 1 unspecified atom stereocenters. The van der Waals surface area contributed by atoms with E-state index in [0.29, 0.717) is 0 Å². The van der Waals surface area contributed by atoms with Crippen LogP contribution in [0.25, 0.3) is 10.9 Å². The number of para-hydroxylation sites is 1. The van der Waals surface area contributed by atoms with E-state index in [1.807, 2.05) is 19.2 Å². The number of nitrogens with zero attached hydrogens (tertiary/aromatic N) is 2. The summed E-state index contributed by atoms with van der Waals surface area (Å²) in [4.78, 5) is 6.77. The maximum atomic E-state index is 5.98. The minimum atomic E-state index is 0.234. The van der Waals surface area contributed by atoms with Gasteiger partial charge < -0.3 is 4.90 Å². The summed E-state index contributed by atoms with van der Waals surface area (Å²) >= 11 is 5.98. The molecule has 2 aromatic rings. The highest BCUT2D eigenvalue weighted by atomic mass is 35.5. The van der Waals surface area contributed by atoms with Crippen molar-refractivity contribution in [2.75, 3.05) is 13.6 Å². The van der Waals surface area contributed by atoms with Crippen LogP contribution in [0.4, 0.5) is 0 Å². The molecule has 1 atom stereocenters. The number of pyridine rings is 1. The van der Waals surface area contributed by atoms with Crippen LogP contribution < -0.4 is 0 Å². The van der Waals surface area contributed by atoms with Gasteiger partial charge in [-0.15, -0.1) is 11.6 Å². The van der Waals surface area contributed by atoms with Gasteiger partial charge in [0.25, 0.3) is 0 Å². The molecule has 0 aliphatic carbocycles. The minimum Gasteiger partial charge on any atom is -0.302 e. The third-order valence-electron chi connectivity index (χ3n) is 3.07. The quantitative estimate of drug-likeness (QED) is 0.764. The van der Waals surface area contributed by atoms with Crippen LogP contribution in [0.2, 0.25) is 0 Å². The number of rotatable bonds is 5. The zero-order chi connectivity index (χ0) is 13.0. The van der Waals surface area contributed by atoms with Gasteiger partial charge in [0.15, 0.2) is 0 Å². The fourth-order valence-corrected chi connectivity index (χ4v) is 2.16. The molecule has 2 rings (SSSR count). The van der Waals surface area contributed by atoms with Crippen LogP contribution in [0.15, 0.2) is 36.5 Å². The summed E-state index contributed by atoms with van der Waals surface area (Å²) in [6, 6.07) is 10.4. The first-order valence-corrected chi connectivity index (χ1v) is 6.75. The lowest BCUT2D eigenvalue weighted by Crippen LogP contribution is -2.21. The van der Waals surface area contributed by atoms with Gasteiger partial charge >= 0.3 is 0 Å². The number of halogens is 1. The maximum absolute atomic E-state index is 5.98. The molecule has 0 aliphatic rings. The molecule has 1 heterocycles. The fraction of sp³-hybridized carbons (Fsp3) is 0.400. The molecule has 96 valence electrons. The summed E-state index contributed by atoms with van der Waals surface area (Å²) in [6.45, 7) is 3.96. The van der Waals surface area contributed by atoms with Crippen molar-refractivity contribution in [3.8, 4) is 0 Å². The zero-order valence-electron chi connectivity index (χ0n) is 10.9. The molecule has 0 aliphatic heterocycles. The van der Waals surface area contributed by atoms with E-state index in [9.17, 15) is 0 Å². The molecule has 0 saturated carbocycles. The SMILES string of the molecule is CC(Cl)CCN(C)Cc1cccc2cccnc12. The lowest BCUT2D eigenvalue weighted by molar-refractivity contribution is 0.322. The standard InChI is InChI=1S/C15H19ClN2/c1-12(16)8-10-18(2)11-14-6-3-5-13-7-4-9-17-15(13)14/h3-7,9,12H,8,10-11H2,1-2H3. The second-order valence-corrected chi connectivity index (χ2v) is 5.54. The average Bonchev–Trinajstić information content (AvgIpc) is 2.37. The van der Waals surface area contributed by atoms with Crippen molar-refractivity contribution < 1.29 is 0 Å². The Kier molecular flexibility index (Phi) is 4.56. The molecule has 0 fully saturated rings. The van der Waals surface area contributed by atoms with Gasteiger partial charge in [-0.1, -0.05) is 24.3 Å². The second-order valence-electron chi connectivity index (χ2n) is 4.80. The molecule has 18 heavy (non-hydrogen) atoms. The molecule has 0 radical (unpaired) electrons. The highest BCUT2D eigenvalue weighted by molar-refractivity contribution is 6.20. The molecule has 3 heteroatoms. The number of hydrogen-bond donors (Lipinski definition) is 0. The van der Waals surface area contributed by atoms with Crippen LogP contribution in [-0.2, 0) is 6.54 Å². The van der Waals surface area contributed by atoms with Gasteiger partial charge in [-0.05, 0) is 38.6 Å². The highest BCUT2D eigenvalue weighted by Crippen LogP contribution is 2.17. The summed E-state index contributed by atoms with van der Waals surface area (Å²) in [7, 11) is 2.13. The Morgan fingerprint density at radius 2 is 2.06 bits per heavy atom. The molecule has 2 nitrogen and oxygen atoms in total. The third kappa shape index (κ3) is 3.44. The lowest BCUT2D eigenvalue weighted by atomic mass is 10.1. The van der Waals surface area contributed by atoms with Crippen molar-refractivity contribution in [1.29, 1.82) is 0 Å². The highest BCUT2D eigenvalue weighted by Gasteiger charge is 2.06. The zero-order valence-corrected chi connectivity index (χ0v) is 11.7. The smallest absolute Gasteiger partial charge is 0.0746 e. The number of hydrogen-bond acceptors (Lipinski definition) is 2. The van der Waals surface area contributed by atoms with E-state index in [1.54, 1.807) is 0 Å². The first kappa shape index (κ1) is 13.3. The molecule has 1 aromatic heterocycles. The second kappa shape index (κ2) is 6.17. The van der Waals surface area contributed by atoms with Crippen LogP contribution >= 0.6 is 11.6 Å². The topological polar surface area (TPSA) is 16.1 Å². The third-order valence-corrected chi connectivity index (χ3v) is 3.28. The van der Waals surface area contributed by atoms with Crippen molar-refractivity contribution in [1.82, 2.24) is 9.88 Å². The van der Waals surface area contributed by atoms with Gasteiger partial charge in [-0.25, -0.2) is 0 Å². The van der Waals surface area contributed by atoms with Gasteiger partial charge in [0.05, 0.1) is 5.52 Å². The van der Waals surface area contributed by atoms with E-state index in [-0.39, 0.29) is 5.38 Å². The van der Waals surface area contributed by atoms with Gasteiger partial charge in [0.2, 0.25) is 0 Å². The molecule has 0 bridgehead atoms. The maximum Gasteiger partial charge on any atom is 0.0746 e. The Morgan fingerprint density at radius 3 is 2.83 bits per heavy atom. The predicted octanol–water partition coefficient (Wildman–Crippen LogP) is 3.68.